The van der Waals surface area contributed by atoms with E-state index in [1.165, 1.54) is 5.56 Å². The summed E-state index contributed by atoms with van der Waals surface area (Å²) in [5, 5.41) is 9.55. The van der Waals surface area contributed by atoms with Crippen LogP contribution in [0.25, 0.3) is 5.76 Å². The third-order valence-corrected chi connectivity index (χ3v) is 2.02. The summed E-state index contributed by atoms with van der Waals surface area (Å²) in [6.07, 6.45) is 6.56. The fourth-order valence-corrected chi connectivity index (χ4v) is 1.39. The summed E-state index contributed by atoms with van der Waals surface area (Å²) in [6, 6.07) is 7.91. The maximum absolute atomic E-state index is 9.55. The standard InChI is InChI=1S/C11H10O/c12-11-8-4-2-6-9-5-1-3-7-10(9)11/h1-5,7-8,12H,6H2. The number of aliphatic hydroxyl groups excluding tert-OH is 1. The highest BCUT2D eigenvalue weighted by molar-refractivity contribution is 5.64. The summed E-state index contributed by atoms with van der Waals surface area (Å²) in [4.78, 5) is 0. The smallest absolute Gasteiger partial charge is 0.123 e. The number of hydrogen-bond donors (Lipinski definition) is 1. The minimum atomic E-state index is 0.361. The molecule has 60 valence electrons. The minimum absolute atomic E-state index is 0.361. The van der Waals surface area contributed by atoms with Crippen molar-refractivity contribution in [3.8, 4) is 0 Å². The molecule has 1 heteroatoms. The summed E-state index contributed by atoms with van der Waals surface area (Å²) < 4.78 is 0. The Morgan fingerprint density at radius 2 is 2.00 bits per heavy atom. The molecule has 0 spiro atoms. The van der Waals surface area contributed by atoms with E-state index in [4.69, 9.17) is 0 Å². The average Bonchev–Trinajstić information content (AvgIpc) is 2.29. The lowest BCUT2D eigenvalue weighted by Gasteiger charge is -2.03. The van der Waals surface area contributed by atoms with E-state index in [0.717, 1.165) is 12.0 Å². The Kier molecular flexibility index (Phi) is 1.71. The summed E-state index contributed by atoms with van der Waals surface area (Å²) in [7, 11) is 0. The zero-order valence-electron chi connectivity index (χ0n) is 6.70. The van der Waals surface area contributed by atoms with Crippen molar-refractivity contribution < 1.29 is 5.11 Å². The Morgan fingerprint density at radius 1 is 1.17 bits per heavy atom. The van der Waals surface area contributed by atoms with Gasteiger partial charge in [0.1, 0.15) is 5.76 Å². The molecular formula is C11H10O. The number of fused-ring (bicyclic) bond motifs is 1. The Labute approximate surface area is 71.7 Å². The van der Waals surface area contributed by atoms with Crippen molar-refractivity contribution in [2.75, 3.05) is 0 Å². The van der Waals surface area contributed by atoms with Gasteiger partial charge in [0.05, 0.1) is 0 Å². The van der Waals surface area contributed by atoms with Crippen LogP contribution in [-0.4, -0.2) is 5.11 Å². The first kappa shape index (κ1) is 7.17. The predicted octanol–water partition coefficient (Wildman–Crippen LogP) is 2.70. The molecule has 0 amide bonds. The van der Waals surface area contributed by atoms with Crippen molar-refractivity contribution in [2.24, 2.45) is 0 Å². The van der Waals surface area contributed by atoms with Gasteiger partial charge in [0.25, 0.3) is 0 Å². The van der Waals surface area contributed by atoms with E-state index in [2.05, 4.69) is 0 Å². The second-order valence-electron chi connectivity index (χ2n) is 2.84. The van der Waals surface area contributed by atoms with Gasteiger partial charge in [-0.3, -0.25) is 0 Å². The van der Waals surface area contributed by atoms with E-state index in [1.807, 2.05) is 36.4 Å². The molecule has 0 aliphatic heterocycles. The Morgan fingerprint density at radius 3 is 2.92 bits per heavy atom. The third kappa shape index (κ3) is 1.14. The predicted molar refractivity (Wildman–Crippen MR) is 49.9 cm³/mol. The van der Waals surface area contributed by atoms with Crippen LogP contribution in [0.1, 0.15) is 11.1 Å². The Balaban J connectivity index is 2.58. The summed E-state index contributed by atoms with van der Waals surface area (Å²) in [6.45, 7) is 0. The van der Waals surface area contributed by atoms with Crippen molar-refractivity contribution >= 4 is 5.76 Å². The molecule has 1 N–H and O–H groups in total. The van der Waals surface area contributed by atoms with Gasteiger partial charge in [0, 0.05) is 5.56 Å². The first-order valence-corrected chi connectivity index (χ1v) is 4.02. The average molecular weight is 158 g/mol. The number of rotatable bonds is 0. The molecule has 0 bridgehead atoms. The zero-order chi connectivity index (χ0) is 8.39. The first-order valence-electron chi connectivity index (χ1n) is 4.02. The lowest BCUT2D eigenvalue weighted by molar-refractivity contribution is 0.511. The molecule has 0 aromatic heterocycles. The number of hydrogen-bond acceptors (Lipinski definition) is 1. The lowest BCUT2D eigenvalue weighted by Crippen LogP contribution is -1.89. The van der Waals surface area contributed by atoms with Crippen molar-refractivity contribution in [1.82, 2.24) is 0 Å². The summed E-state index contributed by atoms with van der Waals surface area (Å²) in [5.41, 5.74) is 2.13. The van der Waals surface area contributed by atoms with Crippen LogP contribution in [0.4, 0.5) is 0 Å². The van der Waals surface area contributed by atoms with Crippen molar-refractivity contribution in [3.63, 3.8) is 0 Å². The Hall–Kier alpha value is -1.50. The third-order valence-electron chi connectivity index (χ3n) is 2.02. The highest BCUT2D eigenvalue weighted by Gasteiger charge is 2.05. The fourth-order valence-electron chi connectivity index (χ4n) is 1.39. The van der Waals surface area contributed by atoms with Gasteiger partial charge >= 0.3 is 0 Å². The van der Waals surface area contributed by atoms with Crippen LogP contribution in [0, 0.1) is 0 Å². The molecule has 0 heterocycles. The lowest BCUT2D eigenvalue weighted by atomic mass is 10.0. The van der Waals surface area contributed by atoms with E-state index in [1.54, 1.807) is 6.08 Å². The van der Waals surface area contributed by atoms with E-state index >= 15 is 0 Å². The minimum Gasteiger partial charge on any atom is -0.507 e. The van der Waals surface area contributed by atoms with Gasteiger partial charge in [0.15, 0.2) is 0 Å². The van der Waals surface area contributed by atoms with E-state index < -0.39 is 0 Å². The van der Waals surface area contributed by atoms with Gasteiger partial charge in [-0.15, -0.1) is 0 Å². The maximum atomic E-state index is 9.55. The molecule has 1 aromatic carbocycles. The molecule has 0 saturated heterocycles. The van der Waals surface area contributed by atoms with Crippen LogP contribution < -0.4 is 0 Å². The molecule has 0 fully saturated rings. The Bertz CT molecular complexity index is 348. The van der Waals surface area contributed by atoms with Gasteiger partial charge in [-0.2, -0.15) is 0 Å². The summed E-state index contributed by atoms with van der Waals surface area (Å²) in [5.74, 6) is 0.361. The molecule has 1 aliphatic carbocycles. The van der Waals surface area contributed by atoms with Crippen LogP contribution in [0.15, 0.2) is 42.5 Å². The fraction of sp³-hybridized carbons (Fsp3) is 0.0909. The second-order valence-corrected chi connectivity index (χ2v) is 2.84. The molecular weight excluding hydrogens is 148 g/mol. The highest BCUT2D eigenvalue weighted by atomic mass is 16.3. The number of benzene rings is 1. The molecule has 2 rings (SSSR count). The zero-order valence-corrected chi connectivity index (χ0v) is 6.70. The molecule has 0 radical (unpaired) electrons. The normalized spacial score (nSPS) is 14.8. The largest absolute Gasteiger partial charge is 0.507 e. The van der Waals surface area contributed by atoms with Crippen molar-refractivity contribution in [3.05, 3.63) is 53.6 Å². The van der Waals surface area contributed by atoms with Crippen molar-refractivity contribution in [1.29, 1.82) is 0 Å². The van der Waals surface area contributed by atoms with E-state index in [-0.39, 0.29) is 0 Å². The summed E-state index contributed by atoms with van der Waals surface area (Å²) >= 11 is 0. The number of allylic oxidation sites excluding steroid dienone is 3. The van der Waals surface area contributed by atoms with Gasteiger partial charge in [-0.1, -0.05) is 36.4 Å². The van der Waals surface area contributed by atoms with Crippen LogP contribution in [-0.2, 0) is 6.42 Å². The number of aliphatic hydroxyl groups is 1. The monoisotopic (exact) mass is 158 g/mol. The molecule has 1 aliphatic rings. The molecule has 0 unspecified atom stereocenters. The van der Waals surface area contributed by atoms with Gasteiger partial charge in [0.2, 0.25) is 0 Å². The molecule has 12 heavy (non-hydrogen) atoms. The first-order chi connectivity index (χ1) is 5.88. The van der Waals surface area contributed by atoms with Gasteiger partial charge in [-0.25, -0.2) is 0 Å². The topological polar surface area (TPSA) is 20.2 Å². The van der Waals surface area contributed by atoms with Crippen LogP contribution >= 0.6 is 0 Å². The van der Waals surface area contributed by atoms with Gasteiger partial charge < -0.3 is 5.11 Å². The molecule has 0 saturated carbocycles. The molecule has 0 atom stereocenters. The second kappa shape index (κ2) is 2.86. The quantitative estimate of drug-likeness (QED) is 0.615. The van der Waals surface area contributed by atoms with Crippen molar-refractivity contribution in [2.45, 2.75) is 6.42 Å². The SMILES string of the molecule is OC1=CC=CCc2ccccc21. The highest BCUT2D eigenvalue weighted by Crippen LogP contribution is 2.20. The van der Waals surface area contributed by atoms with Crippen LogP contribution in [0.3, 0.4) is 0 Å². The molecule has 1 nitrogen and oxygen atoms in total. The van der Waals surface area contributed by atoms with E-state index in [9.17, 15) is 5.11 Å². The van der Waals surface area contributed by atoms with E-state index in [0.29, 0.717) is 5.76 Å². The van der Waals surface area contributed by atoms with Gasteiger partial charge in [-0.05, 0) is 18.1 Å². The maximum Gasteiger partial charge on any atom is 0.123 e. The molecule has 1 aromatic rings. The van der Waals surface area contributed by atoms with Crippen LogP contribution in [0.2, 0.25) is 0 Å². The van der Waals surface area contributed by atoms with Crippen LogP contribution in [0.5, 0.6) is 0 Å².